The number of hydrogen-bond acceptors (Lipinski definition) is 3. The van der Waals surface area contributed by atoms with Gasteiger partial charge in [0.15, 0.2) is 12.7 Å². The van der Waals surface area contributed by atoms with Gasteiger partial charge in [-0.2, -0.15) is 0 Å². The van der Waals surface area contributed by atoms with E-state index in [0.717, 1.165) is 22.4 Å². The van der Waals surface area contributed by atoms with Crippen molar-refractivity contribution in [2.24, 2.45) is 0 Å². The van der Waals surface area contributed by atoms with Crippen LogP contribution in [0, 0.1) is 13.8 Å². The average molecular weight is 258 g/mol. The van der Waals surface area contributed by atoms with Crippen LogP contribution in [-0.2, 0) is 11.3 Å². The molecular formula is C14H16N3O2+. The Morgan fingerprint density at radius 1 is 1.37 bits per heavy atom. The molecular weight excluding hydrogens is 242 g/mol. The zero-order valence-electron chi connectivity index (χ0n) is 11.0. The van der Waals surface area contributed by atoms with Gasteiger partial charge in [-0.3, -0.25) is 9.78 Å². The Bertz CT molecular complexity index is 594. The van der Waals surface area contributed by atoms with Crippen molar-refractivity contribution in [3.05, 3.63) is 41.9 Å². The minimum Gasteiger partial charge on any atom is -0.481 e. The summed E-state index contributed by atoms with van der Waals surface area (Å²) in [7, 11) is 0. The highest BCUT2D eigenvalue weighted by atomic mass is 16.4. The number of carbonyl (C=O) groups is 1. The summed E-state index contributed by atoms with van der Waals surface area (Å²) in [6, 6.07) is 3.98. The van der Waals surface area contributed by atoms with E-state index in [9.17, 15) is 4.79 Å². The van der Waals surface area contributed by atoms with Crippen LogP contribution in [0.15, 0.2) is 30.7 Å². The van der Waals surface area contributed by atoms with Crippen molar-refractivity contribution in [3.63, 3.8) is 0 Å². The molecule has 2 rings (SSSR count). The van der Waals surface area contributed by atoms with E-state index >= 15 is 0 Å². The molecule has 5 heteroatoms. The van der Waals surface area contributed by atoms with E-state index in [1.807, 2.05) is 26.1 Å². The number of rotatable bonds is 4. The Morgan fingerprint density at radius 2 is 2.16 bits per heavy atom. The van der Waals surface area contributed by atoms with Gasteiger partial charge in [0.25, 0.3) is 0 Å². The second-order valence-electron chi connectivity index (χ2n) is 4.50. The lowest BCUT2D eigenvalue weighted by Crippen LogP contribution is -2.38. The van der Waals surface area contributed by atoms with Crippen molar-refractivity contribution in [2.45, 2.75) is 26.8 Å². The first kappa shape index (κ1) is 13.1. The van der Waals surface area contributed by atoms with Crippen LogP contribution in [0.1, 0.15) is 17.5 Å². The highest BCUT2D eigenvalue weighted by Crippen LogP contribution is 2.19. The van der Waals surface area contributed by atoms with Crippen molar-refractivity contribution < 1.29 is 14.6 Å². The van der Waals surface area contributed by atoms with Gasteiger partial charge in [-0.15, -0.1) is 0 Å². The van der Waals surface area contributed by atoms with Crippen molar-refractivity contribution in [2.75, 3.05) is 0 Å². The van der Waals surface area contributed by atoms with Crippen molar-refractivity contribution >= 4 is 5.97 Å². The summed E-state index contributed by atoms with van der Waals surface area (Å²) < 4.78 is 1.61. The second-order valence-corrected chi connectivity index (χ2v) is 4.50. The van der Waals surface area contributed by atoms with Gasteiger partial charge in [0.05, 0.1) is 5.69 Å². The van der Waals surface area contributed by atoms with E-state index in [1.54, 1.807) is 17.1 Å². The molecule has 0 bridgehead atoms. The maximum absolute atomic E-state index is 10.5. The van der Waals surface area contributed by atoms with Crippen LogP contribution in [0.3, 0.4) is 0 Å². The molecule has 1 N–H and O–H groups in total. The summed E-state index contributed by atoms with van der Waals surface area (Å²) in [4.78, 5) is 14.9. The summed E-state index contributed by atoms with van der Waals surface area (Å²) in [5.41, 5.74) is 4.07. The molecule has 19 heavy (non-hydrogen) atoms. The Balaban J connectivity index is 2.20. The largest absolute Gasteiger partial charge is 0.481 e. The molecule has 0 atom stereocenters. The molecule has 0 aromatic carbocycles. The van der Waals surface area contributed by atoms with Gasteiger partial charge in [-0.05, 0) is 30.1 Å². The van der Waals surface area contributed by atoms with Gasteiger partial charge < -0.3 is 5.11 Å². The second kappa shape index (κ2) is 5.56. The van der Waals surface area contributed by atoms with Crippen LogP contribution < -0.4 is 4.68 Å². The maximum atomic E-state index is 10.5. The molecule has 0 saturated heterocycles. The van der Waals surface area contributed by atoms with Gasteiger partial charge in [-0.1, -0.05) is 10.7 Å². The predicted molar refractivity (Wildman–Crippen MR) is 69.4 cm³/mol. The molecule has 0 amide bonds. The van der Waals surface area contributed by atoms with Crippen LogP contribution >= 0.6 is 0 Å². The lowest BCUT2D eigenvalue weighted by Gasteiger charge is -2.04. The summed E-state index contributed by atoms with van der Waals surface area (Å²) >= 11 is 0. The Kier molecular flexibility index (Phi) is 3.85. The Morgan fingerprint density at radius 3 is 2.74 bits per heavy atom. The van der Waals surface area contributed by atoms with Gasteiger partial charge in [-0.25, -0.2) is 0 Å². The molecule has 2 aromatic heterocycles. The van der Waals surface area contributed by atoms with Crippen LogP contribution in [0.4, 0.5) is 0 Å². The molecule has 0 aliphatic rings. The van der Waals surface area contributed by atoms with E-state index in [4.69, 9.17) is 5.11 Å². The summed E-state index contributed by atoms with van der Waals surface area (Å²) in [6.45, 7) is 4.39. The number of aliphatic carboxylic acids is 1. The normalized spacial score (nSPS) is 10.4. The van der Waals surface area contributed by atoms with Crippen molar-refractivity contribution in [3.8, 4) is 11.3 Å². The highest BCUT2D eigenvalue weighted by Gasteiger charge is 2.09. The lowest BCUT2D eigenvalue weighted by molar-refractivity contribution is -0.752. The topological polar surface area (TPSA) is 67.0 Å². The van der Waals surface area contributed by atoms with Crippen molar-refractivity contribution in [1.82, 2.24) is 10.1 Å². The Labute approximate surface area is 111 Å². The van der Waals surface area contributed by atoms with E-state index in [-0.39, 0.29) is 6.42 Å². The third-order valence-corrected chi connectivity index (χ3v) is 2.81. The number of aryl methyl sites for hydroxylation is 3. The molecule has 0 aliphatic heterocycles. The standard InChI is InChI=1S/C14H15N3O2/c1-10-7-11(2)14(15-8-10)12-3-5-17(16-9-12)6-4-13(18)19/h3,5,7-9H,4,6H2,1-2H3/p+1. The lowest BCUT2D eigenvalue weighted by atomic mass is 10.1. The van der Waals surface area contributed by atoms with E-state index in [1.165, 1.54) is 0 Å². The summed E-state index contributed by atoms with van der Waals surface area (Å²) in [6.07, 6.45) is 5.39. The Hall–Kier alpha value is -2.30. The average Bonchev–Trinajstić information content (AvgIpc) is 2.37. The fourth-order valence-corrected chi connectivity index (χ4v) is 1.88. The van der Waals surface area contributed by atoms with Gasteiger partial charge in [0.1, 0.15) is 12.6 Å². The monoisotopic (exact) mass is 258 g/mol. The summed E-state index contributed by atoms with van der Waals surface area (Å²) in [5, 5.41) is 12.8. The zero-order valence-corrected chi connectivity index (χ0v) is 11.0. The molecule has 0 radical (unpaired) electrons. The first-order valence-electron chi connectivity index (χ1n) is 6.07. The first-order valence-corrected chi connectivity index (χ1v) is 6.07. The number of hydrogen-bond donors (Lipinski definition) is 1. The summed E-state index contributed by atoms with van der Waals surface area (Å²) in [5.74, 6) is -0.825. The minimum absolute atomic E-state index is 0.0683. The predicted octanol–water partition coefficient (Wildman–Crippen LogP) is 1.52. The number of nitrogens with zero attached hydrogens (tertiary/aromatic N) is 3. The third-order valence-electron chi connectivity index (χ3n) is 2.81. The fraction of sp³-hybridized carbons (Fsp3) is 0.286. The van der Waals surface area contributed by atoms with Gasteiger partial charge in [0, 0.05) is 17.8 Å². The molecule has 0 aliphatic carbocycles. The van der Waals surface area contributed by atoms with Crippen LogP contribution in [0.2, 0.25) is 0 Å². The quantitative estimate of drug-likeness (QED) is 0.844. The van der Waals surface area contributed by atoms with E-state index in [2.05, 4.69) is 16.1 Å². The molecule has 0 spiro atoms. The number of carboxylic acids is 1. The van der Waals surface area contributed by atoms with Crippen LogP contribution in [0.5, 0.6) is 0 Å². The molecule has 98 valence electrons. The fourth-order valence-electron chi connectivity index (χ4n) is 1.88. The van der Waals surface area contributed by atoms with Crippen LogP contribution in [-0.4, -0.2) is 21.2 Å². The van der Waals surface area contributed by atoms with Gasteiger partial charge in [0.2, 0.25) is 0 Å². The van der Waals surface area contributed by atoms with Gasteiger partial charge >= 0.3 is 5.97 Å². The molecule has 0 fully saturated rings. The number of carboxylic acid groups (broad SMARTS) is 1. The third kappa shape index (κ3) is 3.34. The van der Waals surface area contributed by atoms with Crippen LogP contribution in [0.25, 0.3) is 11.3 Å². The van der Waals surface area contributed by atoms with E-state index < -0.39 is 5.97 Å². The highest BCUT2D eigenvalue weighted by molar-refractivity contribution is 5.66. The molecule has 0 unspecified atom stereocenters. The molecule has 2 heterocycles. The molecule has 0 saturated carbocycles. The maximum Gasteiger partial charge on any atom is 0.309 e. The minimum atomic E-state index is -0.825. The first-order chi connectivity index (χ1) is 9.06. The number of aromatic nitrogens is 3. The SMILES string of the molecule is Cc1cnc(-c2cc[n+](CCC(=O)O)nc2)c(C)c1. The van der Waals surface area contributed by atoms with E-state index in [0.29, 0.717) is 6.54 Å². The molecule has 5 nitrogen and oxygen atoms in total. The zero-order chi connectivity index (χ0) is 13.8. The number of pyridine rings is 1. The van der Waals surface area contributed by atoms with Crippen molar-refractivity contribution in [1.29, 1.82) is 0 Å². The smallest absolute Gasteiger partial charge is 0.309 e. The molecule has 2 aromatic rings.